The molecule has 0 amide bonds. The van der Waals surface area contributed by atoms with Gasteiger partial charge in [0.1, 0.15) is 21.1 Å². The minimum absolute atomic E-state index is 0.0186. The van der Waals surface area contributed by atoms with Crippen LogP contribution in [0.4, 0.5) is 0 Å². The van der Waals surface area contributed by atoms with Gasteiger partial charge in [-0.05, 0) is 30.9 Å². The van der Waals surface area contributed by atoms with Crippen LogP contribution in [0.3, 0.4) is 0 Å². The number of halogens is 3. The lowest BCUT2D eigenvalue weighted by Gasteiger charge is -2.21. The molecule has 2 aromatic rings. The highest BCUT2D eigenvalue weighted by atomic mass is 35.5. The summed E-state index contributed by atoms with van der Waals surface area (Å²) in [7, 11) is 0. The van der Waals surface area contributed by atoms with Crippen LogP contribution in [-0.4, -0.2) is 16.4 Å². The maximum absolute atomic E-state index is 10.1. The highest BCUT2D eigenvalue weighted by molar-refractivity contribution is 8.12. The Hall–Kier alpha value is -0.520. The van der Waals surface area contributed by atoms with Crippen molar-refractivity contribution >= 4 is 58.4 Å². The molecule has 0 aliphatic heterocycles. The number of rotatable bonds is 5. The second kappa shape index (κ2) is 7.58. The van der Waals surface area contributed by atoms with E-state index in [-0.39, 0.29) is 38.5 Å². The molecule has 2 aromatic carbocycles. The Morgan fingerprint density at radius 2 is 1.57 bits per heavy atom. The van der Waals surface area contributed by atoms with E-state index in [4.69, 9.17) is 56.1 Å². The van der Waals surface area contributed by atoms with Crippen LogP contribution >= 0.6 is 41.3 Å². The normalized spacial score (nSPS) is 11.4. The first-order valence-corrected chi connectivity index (χ1v) is 10.2. The molecule has 2 rings (SSSR count). The molecule has 0 heterocycles. The zero-order chi connectivity index (χ0) is 17.2. The molecule has 23 heavy (non-hydrogen) atoms. The van der Waals surface area contributed by atoms with Crippen LogP contribution in [0.5, 0.6) is 17.2 Å². The molecule has 0 aromatic heterocycles. The molecule has 124 valence electrons. The fourth-order valence-corrected chi connectivity index (χ4v) is 4.03. The zero-order valence-corrected chi connectivity index (χ0v) is 15.8. The molecule has 9 heteroatoms. The number of benzene rings is 2. The number of ether oxygens (including phenoxy) is 2. The topological polar surface area (TPSA) is 58.9 Å². The van der Waals surface area contributed by atoms with E-state index in [0.29, 0.717) is 5.75 Å². The summed E-state index contributed by atoms with van der Waals surface area (Å²) in [6, 6.07) is 8.64. The van der Waals surface area contributed by atoms with Gasteiger partial charge in [0.25, 0.3) is 0 Å². The molecule has 0 atom stereocenters. The van der Waals surface area contributed by atoms with Crippen molar-refractivity contribution in [2.75, 3.05) is 6.61 Å². The van der Waals surface area contributed by atoms with Crippen LogP contribution in [0.1, 0.15) is 6.92 Å². The van der Waals surface area contributed by atoms with Crippen molar-refractivity contribution in [2.24, 2.45) is 0 Å². The van der Waals surface area contributed by atoms with Gasteiger partial charge in [0.05, 0.1) is 11.6 Å². The SMILES string of the molecule is CCOc1c(Cl)c(Cl)c(Cl)c(Oc2ccccc2)c1P(O)(O)=S. The summed E-state index contributed by atoms with van der Waals surface area (Å²) in [6.45, 7) is -2.06. The van der Waals surface area contributed by atoms with Gasteiger partial charge in [-0.1, -0.05) is 53.0 Å². The van der Waals surface area contributed by atoms with Gasteiger partial charge in [0.2, 0.25) is 6.49 Å². The number of para-hydroxylation sites is 1. The lowest BCUT2D eigenvalue weighted by atomic mass is 10.3. The van der Waals surface area contributed by atoms with Gasteiger partial charge in [-0.2, -0.15) is 0 Å². The molecule has 2 N–H and O–H groups in total. The van der Waals surface area contributed by atoms with E-state index >= 15 is 0 Å². The molecule has 0 saturated carbocycles. The maximum Gasteiger partial charge on any atom is 0.221 e. The first kappa shape index (κ1) is 18.8. The predicted octanol–water partition coefficient (Wildman–Crippen LogP) is 4.76. The third-order valence-corrected chi connectivity index (χ3v) is 5.59. The van der Waals surface area contributed by atoms with Gasteiger partial charge in [0.15, 0.2) is 11.5 Å². The van der Waals surface area contributed by atoms with E-state index in [9.17, 15) is 9.79 Å². The Morgan fingerprint density at radius 3 is 2.09 bits per heavy atom. The van der Waals surface area contributed by atoms with Crippen LogP contribution in [-0.2, 0) is 11.8 Å². The van der Waals surface area contributed by atoms with Crippen molar-refractivity contribution in [3.8, 4) is 17.2 Å². The second-order valence-corrected chi connectivity index (χ2v) is 8.54. The molecule has 0 saturated heterocycles. The average molecular weight is 414 g/mol. The first-order valence-electron chi connectivity index (χ1n) is 6.39. The Morgan fingerprint density at radius 1 is 1.00 bits per heavy atom. The largest absolute Gasteiger partial charge is 0.491 e. The molecule has 0 fully saturated rings. The molecular formula is C14H12Cl3O4PS. The molecule has 0 radical (unpaired) electrons. The van der Waals surface area contributed by atoms with Crippen molar-refractivity contribution in [2.45, 2.75) is 6.92 Å². The lowest BCUT2D eigenvalue weighted by molar-refractivity contribution is 0.340. The Bertz CT molecular complexity index is 765. The maximum atomic E-state index is 10.1. The van der Waals surface area contributed by atoms with Gasteiger partial charge in [-0.3, -0.25) is 0 Å². The zero-order valence-electron chi connectivity index (χ0n) is 11.8. The summed E-state index contributed by atoms with van der Waals surface area (Å²) in [5, 5.41) is -0.310. The average Bonchev–Trinajstić information content (AvgIpc) is 2.50. The van der Waals surface area contributed by atoms with Crippen LogP contribution in [0, 0.1) is 0 Å². The molecule has 0 unspecified atom stereocenters. The summed E-state index contributed by atoms with van der Waals surface area (Å²) < 4.78 is 11.1. The summed E-state index contributed by atoms with van der Waals surface area (Å²) in [5.74, 6) is 0.298. The van der Waals surface area contributed by atoms with Crippen LogP contribution < -0.4 is 14.8 Å². The van der Waals surface area contributed by atoms with E-state index < -0.39 is 6.49 Å². The van der Waals surface area contributed by atoms with Gasteiger partial charge in [-0.15, -0.1) is 0 Å². The van der Waals surface area contributed by atoms with Gasteiger partial charge >= 0.3 is 0 Å². The van der Waals surface area contributed by atoms with Gasteiger partial charge < -0.3 is 19.3 Å². The summed E-state index contributed by atoms with van der Waals surface area (Å²) in [4.78, 5) is 20.1. The van der Waals surface area contributed by atoms with Crippen molar-refractivity contribution in [3.05, 3.63) is 45.4 Å². The Kier molecular flexibility index (Phi) is 6.20. The van der Waals surface area contributed by atoms with Crippen molar-refractivity contribution < 1.29 is 19.3 Å². The van der Waals surface area contributed by atoms with Crippen molar-refractivity contribution in [1.82, 2.24) is 0 Å². The molecular weight excluding hydrogens is 402 g/mol. The van der Waals surface area contributed by atoms with Crippen molar-refractivity contribution in [1.29, 1.82) is 0 Å². The van der Waals surface area contributed by atoms with E-state index in [2.05, 4.69) is 0 Å². The standard InChI is InChI=1S/C14H12Cl3O4PS/c1-2-20-12-10(16)9(15)11(17)13(14(12)22(18,19)23)21-8-6-4-3-5-7-8/h3-7H,2H2,1H3,(H2,18,19,23). The van der Waals surface area contributed by atoms with E-state index in [1.807, 2.05) is 0 Å². The highest BCUT2D eigenvalue weighted by Gasteiger charge is 2.32. The van der Waals surface area contributed by atoms with Crippen molar-refractivity contribution in [3.63, 3.8) is 0 Å². The minimum Gasteiger partial charge on any atom is -0.491 e. The summed E-state index contributed by atoms with van der Waals surface area (Å²) >= 11 is 23.2. The number of hydrogen-bond acceptors (Lipinski definition) is 3. The van der Waals surface area contributed by atoms with E-state index in [1.165, 1.54) is 0 Å². The quantitative estimate of drug-likeness (QED) is 0.547. The number of hydrogen-bond donors (Lipinski definition) is 2. The van der Waals surface area contributed by atoms with Crippen LogP contribution in [0.2, 0.25) is 15.1 Å². The lowest BCUT2D eigenvalue weighted by Crippen LogP contribution is -2.14. The van der Waals surface area contributed by atoms with Crippen LogP contribution in [0.15, 0.2) is 30.3 Å². The van der Waals surface area contributed by atoms with E-state index in [1.54, 1.807) is 37.3 Å². The third kappa shape index (κ3) is 4.12. The Balaban J connectivity index is 2.75. The van der Waals surface area contributed by atoms with Gasteiger partial charge in [0, 0.05) is 0 Å². The molecule has 4 nitrogen and oxygen atoms in total. The molecule has 0 spiro atoms. The summed E-state index contributed by atoms with van der Waals surface area (Å²) in [5.41, 5.74) is 0. The van der Waals surface area contributed by atoms with Gasteiger partial charge in [-0.25, -0.2) is 0 Å². The summed E-state index contributed by atoms with van der Waals surface area (Å²) in [6.07, 6.45) is 0. The molecule has 0 aliphatic carbocycles. The smallest absolute Gasteiger partial charge is 0.221 e. The predicted molar refractivity (Wildman–Crippen MR) is 97.5 cm³/mol. The highest BCUT2D eigenvalue weighted by Crippen LogP contribution is 2.51. The van der Waals surface area contributed by atoms with Crippen LogP contribution in [0.25, 0.3) is 0 Å². The monoisotopic (exact) mass is 412 g/mol. The van der Waals surface area contributed by atoms with E-state index in [0.717, 1.165) is 0 Å². The molecule has 0 bridgehead atoms. The first-order chi connectivity index (χ1) is 10.8. The Labute approximate surface area is 153 Å². The second-order valence-electron chi connectivity index (χ2n) is 4.34. The fourth-order valence-electron chi connectivity index (χ4n) is 1.85. The fraction of sp³-hybridized carbons (Fsp3) is 0.143. The molecule has 0 aliphatic rings. The third-order valence-electron chi connectivity index (χ3n) is 2.76. The minimum atomic E-state index is -3.98.